The highest BCUT2D eigenvalue weighted by molar-refractivity contribution is 7.23. The van der Waals surface area contributed by atoms with Crippen molar-refractivity contribution in [3.63, 3.8) is 0 Å². The van der Waals surface area contributed by atoms with Gasteiger partial charge in [-0.2, -0.15) is 15.2 Å². The van der Waals surface area contributed by atoms with Gasteiger partial charge < -0.3 is 25.4 Å². The lowest BCUT2D eigenvalue weighted by molar-refractivity contribution is 0.107. The molecule has 47 heavy (non-hydrogen) atoms. The maximum atomic E-state index is 17.2. The molecule has 0 unspecified atom stereocenters. The second kappa shape index (κ2) is 11.5. The molecule has 14 heteroatoms. The number of thiophene rings is 1. The van der Waals surface area contributed by atoms with Gasteiger partial charge in [-0.3, -0.25) is 4.90 Å². The van der Waals surface area contributed by atoms with Crippen molar-refractivity contribution in [1.82, 2.24) is 20.2 Å². The number of rotatable bonds is 5. The second-order valence-corrected chi connectivity index (χ2v) is 14.4. The third-order valence-corrected chi connectivity index (χ3v) is 11.7. The van der Waals surface area contributed by atoms with E-state index in [2.05, 4.69) is 27.0 Å². The minimum Gasteiger partial charge on any atom is -0.491 e. The van der Waals surface area contributed by atoms with Gasteiger partial charge in [0, 0.05) is 42.5 Å². The van der Waals surface area contributed by atoms with Gasteiger partial charge in [0.15, 0.2) is 11.6 Å². The number of nitrogens with two attached hydrogens (primary N) is 1. The molecule has 246 valence electrons. The number of hydrogen-bond acceptors (Lipinski definition) is 10. The van der Waals surface area contributed by atoms with E-state index >= 15 is 4.39 Å². The van der Waals surface area contributed by atoms with Gasteiger partial charge in [0.25, 0.3) is 0 Å². The monoisotopic (exact) mass is 683 g/mol. The number of nitrogens with one attached hydrogen (secondary N) is 1. The number of fused-ring (bicyclic) bond motifs is 2. The summed E-state index contributed by atoms with van der Waals surface area (Å²) in [5.74, 6) is -0.706. The molecule has 6 heterocycles. The van der Waals surface area contributed by atoms with E-state index < -0.39 is 23.3 Å². The number of aromatic nitrogens is 2. The van der Waals surface area contributed by atoms with Gasteiger partial charge in [-0.05, 0) is 57.3 Å². The van der Waals surface area contributed by atoms with Crippen LogP contribution in [0.3, 0.4) is 0 Å². The summed E-state index contributed by atoms with van der Waals surface area (Å²) in [4.78, 5) is 13.8. The van der Waals surface area contributed by atoms with E-state index in [9.17, 15) is 14.0 Å². The predicted molar refractivity (Wildman–Crippen MR) is 176 cm³/mol. The van der Waals surface area contributed by atoms with Gasteiger partial charge in [0.1, 0.15) is 41.0 Å². The Bertz CT molecular complexity index is 1970. The molecule has 0 amide bonds. The van der Waals surface area contributed by atoms with Crippen LogP contribution in [0.15, 0.2) is 12.1 Å². The SMILES string of the molecule is C[C@H]1NCC[C@H]1N1CCCOc2c(Cl)c(-c3ccc(F)c4sc(N)c(C#N)c34)c(F)c3nc(OC[C@@]45CCCN4C[C@H](F)C5)nc1c23. The van der Waals surface area contributed by atoms with Crippen molar-refractivity contribution in [2.24, 2.45) is 0 Å². The number of ether oxygens (including phenoxy) is 2. The van der Waals surface area contributed by atoms with Crippen LogP contribution in [0.5, 0.6) is 11.8 Å². The van der Waals surface area contributed by atoms with Crippen molar-refractivity contribution in [3.8, 4) is 29.0 Å². The topological polar surface area (TPSA) is 113 Å². The van der Waals surface area contributed by atoms with Crippen molar-refractivity contribution >= 4 is 54.7 Å². The quantitative estimate of drug-likeness (QED) is 0.254. The molecule has 3 fully saturated rings. The Morgan fingerprint density at radius 3 is 2.89 bits per heavy atom. The lowest BCUT2D eigenvalue weighted by Gasteiger charge is -2.35. The van der Waals surface area contributed by atoms with Gasteiger partial charge in [0.2, 0.25) is 0 Å². The number of hydrogen-bond donors (Lipinski definition) is 2. The molecule has 0 spiro atoms. The fourth-order valence-corrected chi connectivity index (χ4v) is 9.43. The Balaban J connectivity index is 1.36. The molecule has 3 N–H and O–H groups in total. The van der Waals surface area contributed by atoms with Crippen LogP contribution in [-0.2, 0) is 0 Å². The van der Waals surface area contributed by atoms with Gasteiger partial charge in [0.05, 0.1) is 32.8 Å². The number of halogens is 4. The molecule has 0 radical (unpaired) electrons. The lowest BCUT2D eigenvalue weighted by atomic mass is 9.95. The molecule has 0 bridgehead atoms. The van der Waals surface area contributed by atoms with E-state index in [-0.39, 0.29) is 72.8 Å². The number of benzene rings is 2. The van der Waals surface area contributed by atoms with E-state index in [0.717, 1.165) is 43.7 Å². The lowest BCUT2D eigenvalue weighted by Crippen LogP contribution is -2.45. The van der Waals surface area contributed by atoms with Gasteiger partial charge in [-0.15, -0.1) is 11.3 Å². The van der Waals surface area contributed by atoms with Crippen LogP contribution in [-0.4, -0.2) is 78.1 Å². The molecular formula is C33H33ClF3N7O2S. The minimum atomic E-state index is -0.935. The summed E-state index contributed by atoms with van der Waals surface area (Å²) in [5.41, 5.74) is 5.74. The Labute approximate surface area is 278 Å². The fourth-order valence-electron chi connectivity index (χ4n) is 8.14. The number of nitrogen functional groups attached to an aromatic ring is 1. The van der Waals surface area contributed by atoms with Crippen LogP contribution >= 0.6 is 22.9 Å². The smallest absolute Gasteiger partial charge is 0.319 e. The minimum absolute atomic E-state index is 0.0277. The average molecular weight is 684 g/mol. The van der Waals surface area contributed by atoms with Crippen molar-refractivity contribution in [2.75, 3.05) is 50.0 Å². The number of alkyl halides is 1. The summed E-state index contributed by atoms with van der Waals surface area (Å²) in [6, 6.07) is 4.82. The summed E-state index contributed by atoms with van der Waals surface area (Å²) in [5, 5.41) is 14.0. The highest BCUT2D eigenvalue weighted by atomic mass is 35.5. The van der Waals surface area contributed by atoms with E-state index in [1.54, 1.807) is 0 Å². The molecule has 8 rings (SSSR count). The van der Waals surface area contributed by atoms with Crippen LogP contribution < -0.4 is 25.4 Å². The molecular weight excluding hydrogens is 651 g/mol. The first-order valence-electron chi connectivity index (χ1n) is 16.0. The first-order chi connectivity index (χ1) is 22.7. The van der Waals surface area contributed by atoms with E-state index in [0.29, 0.717) is 43.7 Å². The summed E-state index contributed by atoms with van der Waals surface area (Å²) >= 11 is 7.99. The number of nitriles is 1. The third-order valence-electron chi connectivity index (χ3n) is 10.3. The zero-order valence-electron chi connectivity index (χ0n) is 25.7. The van der Waals surface area contributed by atoms with E-state index in [4.69, 9.17) is 31.8 Å². The summed E-state index contributed by atoms with van der Waals surface area (Å²) in [7, 11) is 0. The Morgan fingerprint density at radius 2 is 2.11 bits per heavy atom. The van der Waals surface area contributed by atoms with E-state index in [1.165, 1.54) is 12.1 Å². The molecule has 4 aliphatic heterocycles. The van der Waals surface area contributed by atoms with Crippen LogP contribution in [0.1, 0.15) is 44.6 Å². The molecule has 4 atom stereocenters. The largest absolute Gasteiger partial charge is 0.491 e. The zero-order chi connectivity index (χ0) is 32.6. The maximum Gasteiger partial charge on any atom is 0.319 e. The Morgan fingerprint density at radius 1 is 1.26 bits per heavy atom. The molecule has 4 aromatic rings. The summed E-state index contributed by atoms with van der Waals surface area (Å²) < 4.78 is 59.5. The Kier molecular flexibility index (Phi) is 7.55. The summed E-state index contributed by atoms with van der Waals surface area (Å²) in [6.45, 7) is 5.18. The average Bonchev–Trinajstić information content (AvgIpc) is 3.79. The molecule has 2 aromatic heterocycles. The van der Waals surface area contributed by atoms with Crippen molar-refractivity contribution in [2.45, 2.75) is 62.8 Å². The molecule has 0 aliphatic carbocycles. The summed E-state index contributed by atoms with van der Waals surface area (Å²) in [6.07, 6.45) is 2.67. The molecule has 3 saturated heterocycles. The van der Waals surface area contributed by atoms with Crippen LogP contribution in [0.4, 0.5) is 24.0 Å². The molecule has 2 aromatic carbocycles. The second-order valence-electron chi connectivity index (χ2n) is 13.0. The fraction of sp³-hybridized carbons (Fsp3) is 0.485. The zero-order valence-corrected chi connectivity index (χ0v) is 27.3. The highest BCUT2D eigenvalue weighted by Gasteiger charge is 2.49. The number of anilines is 2. The third kappa shape index (κ3) is 4.78. The van der Waals surface area contributed by atoms with Gasteiger partial charge >= 0.3 is 6.01 Å². The van der Waals surface area contributed by atoms with Crippen LogP contribution in [0, 0.1) is 23.0 Å². The molecule has 0 saturated carbocycles. The first kappa shape index (κ1) is 30.7. The number of nitrogens with zero attached hydrogens (tertiary/aromatic N) is 5. The normalized spacial score (nSPS) is 26.0. The molecule has 4 aliphatic rings. The van der Waals surface area contributed by atoms with Crippen LogP contribution in [0.2, 0.25) is 5.02 Å². The van der Waals surface area contributed by atoms with Gasteiger partial charge in [-0.1, -0.05) is 17.7 Å². The standard InChI is InChI=1S/C33H33ClF3N7O2S/c1-16-21(6-8-40-16)44-10-3-11-45-28-24-27(41-32(42-31(24)44)46-15-33-7-2-9-43(33)14-17(35)12-33)26(37)23(25(28)34)18-4-5-20(36)29-22(18)19(13-38)30(39)47-29/h4-5,16-17,21,40H,2-3,6-12,14-15,39H2,1H3/t16-,17-,21-,33+/m1/s1. The van der Waals surface area contributed by atoms with Crippen LogP contribution in [0.25, 0.3) is 32.1 Å². The first-order valence-corrected chi connectivity index (χ1v) is 17.2. The maximum absolute atomic E-state index is 17.2. The van der Waals surface area contributed by atoms with Gasteiger partial charge in [-0.25, -0.2) is 13.2 Å². The van der Waals surface area contributed by atoms with E-state index in [1.807, 2.05) is 6.07 Å². The van der Waals surface area contributed by atoms with Crippen molar-refractivity contribution < 1.29 is 22.6 Å². The highest BCUT2D eigenvalue weighted by Crippen LogP contribution is 2.51. The van der Waals surface area contributed by atoms with Crippen molar-refractivity contribution in [3.05, 3.63) is 34.4 Å². The molecule has 9 nitrogen and oxygen atoms in total. The van der Waals surface area contributed by atoms with Crippen molar-refractivity contribution in [1.29, 1.82) is 5.26 Å². The Hall–Kier alpha value is -3.57. The predicted octanol–water partition coefficient (Wildman–Crippen LogP) is 6.19.